The molecule has 0 bridgehead atoms. The van der Waals surface area contributed by atoms with Gasteiger partial charge in [-0.3, -0.25) is 4.79 Å². The lowest BCUT2D eigenvalue weighted by atomic mass is 9.86. The van der Waals surface area contributed by atoms with E-state index in [-0.39, 0.29) is 12.4 Å². The molecular weight excluding hydrogens is 388 g/mol. The van der Waals surface area contributed by atoms with Gasteiger partial charge in [0, 0.05) is 5.92 Å². The number of hydrogen-bond acceptors (Lipinski definition) is 5. The molecule has 3 aromatic rings. The Morgan fingerprint density at radius 3 is 2.72 bits per heavy atom. The third kappa shape index (κ3) is 2.62. The van der Waals surface area contributed by atoms with E-state index in [1.807, 2.05) is 18.2 Å². The molecule has 1 aliphatic rings. The molecule has 0 fully saturated rings. The number of carbonyl (C=O) groups is 1. The van der Waals surface area contributed by atoms with E-state index in [1.165, 1.54) is 0 Å². The second kappa shape index (κ2) is 6.04. The van der Waals surface area contributed by atoms with Crippen LogP contribution in [-0.4, -0.2) is 13.1 Å². The SMILES string of the molecule is COc1ccc(C2CC(=O)Oc3c2c(=O)oc2ccccc32)cc1Br. The summed E-state index contributed by atoms with van der Waals surface area (Å²) in [6.07, 6.45) is 0.0782. The van der Waals surface area contributed by atoms with Gasteiger partial charge < -0.3 is 13.9 Å². The van der Waals surface area contributed by atoms with Crippen LogP contribution < -0.4 is 15.1 Å². The van der Waals surface area contributed by atoms with Crippen molar-refractivity contribution in [2.75, 3.05) is 7.11 Å². The summed E-state index contributed by atoms with van der Waals surface area (Å²) in [6, 6.07) is 12.5. The van der Waals surface area contributed by atoms with Crippen LogP contribution in [-0.2, 0) is 4.79 Å². The summed E-state index contributed by atoms with van der Waals surface area (Å²) in [7, 11) is 1.58. The highest BCUT2D eigenvalue weighted by atomic mass is 79.9. The van der Waals surface area contributed by atoms with E-state index in [0.717, 1.165) is 10.0 Å². The molecule has 1 unspecified atom stereocenters. The number of esters is 1. The van der Waals surface area contributed by atoms with Gasteiger partial charge in [0.25, 0.3) is 0 Å². The Labute approximate surface area is 151 Å². The van der Waals surface area contributed by atoms with Crippen LogP contribution in [0.1, 0.15) is 23.5 Å². The van der Waals surface area contributed by atoms with Crippen molar-refractivity contribution in [3.05, 3.63) is 68.5 Å². The molecule has 0 amide bonds. The molecule has 0 spiro atoms. The molecule has 2 aromatic carbocycles. The van der Waals surface area contributed by atoms with Crippen molar-refractivity contribution in [3.63, 3.8) is 0 Å². The molecule has 2 heterocycles. The lowest BCUT2D eigenvalue weighted by Crippen LogP contribution is -2.26. The highest BCUT2D eigenvalue weighted by molar-refractivity contribution is 9.10. The van der Waals surface area contributed by atoms with Crippen LogP contribution in [0.15, 0.2) is 56.1 Å². The van der Waals surface area contributed by atoms with Crippen molar-refractivity contribution in [3.8, 4) is 11.5 Å². The smallest absolute Gasteiger partial charge is 0.343 e. The zero-order valence-electron chi connectivity index (χ0n) is 13.2. The number of benzene rings is 2. The quantitative estimate of drug-likeness (QED) is 0.480. The molecule has 0 saturated heterocycles. The Morgan fingerprint density at radius 2 is 1.96 bits per heavy atom. The summed E-state index contributed by atoms with van der Waals surface area (Å²) in [5.74, 6) is 0.160. The van der Waals surface area contributed by atoms with Gasteiger partial charge in [-0.1, -0.05) is 18.2 Å². The zero-order valence-corrected chi connectivity index (χ0v) is 14.8. The summed E-state index contributed by atoms with van der Waals surface area (Å²) < 4.78 is 16.8. The highest BCUT2D eigenvalue weighted by Gasteiger charge is 2.34. The third-order valence-corrected chi connectivity index (χ3v) is 4.93. The minimum absolute atomic E-state index is 0.0782. The van der Waals surface area contributed by atoms with Gasteiger partial charge in [0.1, 0.15) is 11.3 Å². The number of halogens is 1. The van der Waals surface area contributed by atoms with Gasteiger partial charge >= 0.3 is 11.6 Å². The summed E-state index contributed by atoms with van der Waals surface area (Å²) in [4.78, 5) is 24.8. The standard InChI is InChI=1S/C19H13BrO5/c1-23-15-7-6-10(8-13(15)20)12-9-16(21)25-18-11-4-2-3-5-14(11)24-19(22)17(12)18/h2-8,12H,9H2,1H3. The first-order valence-corrected chi connectivity index (χ1v) is 8.47. The van der Waals surface area contributed by atoms with E-state index < -0.39 is 11.5 Å². The maximum Gasteiger partial charge on any atom is 0.343 e. The van der Waals surface area contributed by atoms with Gasteiger partial charge in [0.2, 0.25) is 0 Å². The fourth-order valence-electron chi connectivity index (χ4n) is 3.15. The number of para-hydroxylation sites is 1. The van der Waals surface area contributed by atoms with Gasteiger partial charge in [0.15, 0.2) is 5.75 Å². The lowest BCUT2D eigenvalue weighted by Gasteiger charge is -2.24. The minimum Gasteiger partial charge on any atom is -0.496 e. The maximum absolute atomic E-state index is 12.6. The summed E-state index contributed by atoms with van der Waals surface area (Å²) in [5, 5.41) is 0.614. The molecule has 4 rings (SSSR count). The third-order valence-electron chi connectivity index (χ3n) is 4.31. The van der Waals surface area contributed by atoms with Crippen LogP contribution >= 0.6 is 15.9 Å². The molecule has 0 radical (unpaired) electrons. The average molecular weight is 401 g/mol. The molecule has 1 aliphatic heterocycles. The van der Waals surface area contributed by atoms with Gasteiger partial charge in [-0.2, -0.15) is 0 Å². The van der Waals surface area contributed by atoms with Gasteiger partial charge in [-0.05, 0) is 45.8 Å². The number of methoxy groups -OCH3 is 1. The molecule has 0 aliphatic carbocycles. The fraction of sp³-hybridized carbons (Fsp3) is 0.158. The Balaban J connectivity index is 1.96. The lowest BCUT2D eigenvalue weighted by molar-refractivity contribution is -0.135. The van der Waals surface area contributed by atoms with E-state index >= 15 is 0 Å². The minimum atomic E-state index is -0.488. The van der Waals surface area contributed by atoms with E-state index in [4.69, 9.17) is 13.9 Å². The van der Waals surface area contributed by atoms with Gasteiger partial charge in [-0.15, -0.1) is 0 Å². The summed E-state index contributed by atoms with van der Waals surface area (Å²) in [5.41, 5.74) is 1.09. The summed E-state index contributed by atoms with van der Waals surface area (Å²) >= 11 is 3.44. The maximum atomic E-state index is 12.6. The first-order chi connectivity index (χ1) is 12.1. The molecule has 0 N–H and O–H groups in total. The van der Waals surface area contributed by atoms with Crippen molar-refractivity contribution < 1.29 is 18.7 Å². The molecule has 25 heavy (non-hydrogen) atoms. The van der Waals surface area contributed by atoms with Crippen molar-refractivity contribution in [1.29, 1.82) is 0 Å². The van der Waals surface area contributed by atoms with Crippen LogP contribution in [0.5, 0.6) is 11.5 Å². The van der Waals surface area contributed by atoms with E-state index in [1.54, 1.807) is 31.4 Å². The van der Waals surface area contributed by atoms with Crippen LogP contribution in [0.25, 0.3) is 11.0 Å². The van der Waals surface area contributed by atoms with E-state index in [9.17, 15) is 9.59 Å². The zero-order chi connectivity index (χ0) is 17.6. The Bertz CT molecular complexity index is 1050. The van der Waals surface area contributed by atoms with E-state index in [2.05, 4.69) is 15.9 Å². The molecule has 126 valence electrons. The van der Waals surface area contributed by atoms with Crippen LogP contribution in [0.4, 0.5) is 0 Å². The Hall–Kier alpha value is -2.60. The second-order valence-corrected chi connectivity index (χ2v) is 6.61. The van der Waals surface area contributed by atoms with Crippen LogP contribution in [0, 0.1) is 0 Å². The van der Waals surface area contributed by atoms with Crippen LogP contribution in [0.2, 0.25) is 0 Å². The number of ether oxygens (including phenoxy) is 2. The van der Waals surface area contributed by atoms with E-state index in [0.29, 0.717) is 28.0 Å². The number of hydrogen-bond donors (Lipinski definition) is 0. The highest BCUT2D eigenvalue weighted by Crippen LogP contribution is 2.41. The predicted octanol–water partition coefficient (Wildman–Crippen LogP) is 4.01. The Kier molecular flexibility index (Phi) is 3.84. The first-order valence-electron chi connectivity index (χ1n) is 7.68. The molecule has 5 nitrogen and oxygen atoms in total. The number of fused-ring (bicyclic) bond motifs is 3. The topological polar surface area (TPSA) is 65.7 Å². The van der Waals surface area contributed by atoms with Crippen molar-refractivity contribution >= 4 is 32.9 Å². The fourth-order valence-corrected chi connectivity index (χ4v) is 3.71. The second-order valence-electron chi connectivity index (χ2n) is 5.75. The number of rotatable bonds is 2. The van der Waals surface area contributed by atoms with Gasteiger partial charge in [-0.25, -0.2) is 4.79 Å². The monoisotopic (exact) mass is 400 g/mol. The number of carbonyl (C=O) groups excluding carboxylic acids is 1. The normalized spacial score (nSPS) is 16.4. The van der Waals surface area contributed by atoms with Crippen LogP contribution in [0.3, 0.4) is 0 Å². The van der Waals surface area contributed by atoms with Crippen molar-refractivity contribution in [2.45, 2.75) is 12.3 Å². The molecule has 0 saturated carbocycles. The largest absolute Gasteiger partial charge is 0.496 e. The predicted molar refractivity (Wildman–Crippen MR) is 95.3 cm³/mol. The average Bonchev–Trinajstić information content (AvgIpc) is 2.61. The summed E-state index contributed by atoms with van der Waals surface area (Å²) in [6.45, 7) is 0. The Morgan fingerprint density at radius 1 is 1.16 bits per heavy atom. The first kappa shape index (κ1) is 15.9. The molecule has 6 heteroatoms. The molecule has 1 aromatic heterocycles. The van der Waals surface area contributed by atoms with Crippen molar-refractivity contribution in [1.82, 2.24) is 0 Å². The van der Waals surface area contributed by atoms with Gasteiger partial charge in [0.05, 0.1) is 29.0 Å². The molecular formula is C19H13BrO5. The van der Waals surface area contributed by atoms with Crippen molar-refractivity contribution in [2.24, 2.45) is 0 Å². The molecule has 1 atom stereocenters.